The van der Waals surface area contributed by atoms with Crippen LogP contribution < -0.4 is 4.74 Å². The zero-order chi connectivity index (χ0) is 20.9. The van der Waals surface area contributed by atoms with Gasteiger partial charge in [0.15, 0.2) is 11.6 Å². The van der Waals surface area contributed by atoms with Crippen LogP contribution in [0.4, 0.5) is 30.7 Å². The molecule has 0 aliphatic carbocycles. The van der Waals surface area contributed by atoms with Crippen molar-refractivity contribution in [1.82, 2.24) is 0 Å². The van der Waals surface area contributed by atoms with Gasteiger partial charge in [0.2, 0.25) is 5.75 Å². The van der Waals surface area contributed by atoms with Crippen LogP contribution in [0.5, 0.6) is 5.75 Å². The molecule has 2 nitrogen and oxygen atoms in total. The van der Waals surface area contributed by atoms with E-state index in [1.807, 2.05) is 6.92 Å². The van der Waals surface area contributed by atoms with E-state index in [-0.39, 0.29) is 17.5 Å². The minimum Gasteiger partial charge on any atom is -0.399 e. The highest BCUT2D eigenvalue weighted by Gasteiger charge is 2.35. The summed E-state index contributed by atoms with van der Waals surface area (Å²) in [6.07, 6.45) is -7.62. The van der Waals surface area contributed by atoms with Crippen LogP contribution in [0.2, 0.25) is 0 Å². The van der Waals surface area contributed by atoms with Crippen LogP contribution in [0.1, 0.15) is 30.0 Å². The molecule has 2 aromatic carbocycles. The quantitative estimate of drug-likeness (QED) is 0.488. The fourth-order valence-corrected chi connectivity index (χ4v) is 2.50. The standard InChI is InChI=1S/C19H17F7O2/c1-2-3-12-4-6-14(7-5-12)18(22,23)27-9-8-13-10-15(20)17(16(21)11-13)28-19(24,25)26/h4-7,10-11H,2-3,8-9H2,1H3. The third-order valence-corrected chi connectivity index (χ3v) is 3.78. The number of benzene rings is 2. The molecule has 0 bridgehead atoms. The van der Waals surface area contributed by atoms with Gasteiger partial charge < -0.3 is 9.47 Å². The number of aryl methyl sites for hydroxylation is 1. The van der Waals surface area contributed by atoms with Gasteiger partial charge in [-0.1, -0.05) is 37.6 Å². The topological polar surface area (TPSA) is 18.5 Å². The lowest BCUT2D eigenvalue weighted by Crippen LogP contribution is -2.20. The maximum atomic E-state index is 14.1. The first-order valence-electron chi connectivity index (χ1n) is 8.36. The van der Waals surface area contributed by atoms with Crippen molar-refractivity contribution < 1.29 is 40.2 Å². The van der Waals surface area contributed by atoms with Crippen molar-refractivity contribution in [3.63, 3.8) is 0 Å². The smallest absolute Gasteiger partial charge is 0.399 e. The lowest BCUT2D eigenvalue weighted by Gasteiger charge is -2.18. The fourth-order valence-electron chi connectivity index (χ4n) is 2.50. The Morgan fingerprint density at radius 3 is 1.89 bits per heavy atom. The highest BCUT2D eigenvalue weighted by Crippen LogP contribution is 2.31. The van der Waals surface area contributed by atoms with Gasteiger partial charge in [0.25, 0.3) is 0 Å². The van der Waals surface area contributed by atoms with E-state index < -0.39 is 36.5 Å². The zero-order valence-corrected chi connectivity index (χ0v) is 14.8. The minimum absolute atomic E-state index is 0.154. The van der Waals surface area contributed by atoms with Crippen LogP contribution in [0.25, 0.3) is 0 Å². The number of rotatable bonds is 8. The Labute approximate surface area is 156 Å². The second-order valence-electron chi connectivity index (χ2n) is 6.00. The molecule has 0 fully saturated rings. The molecule has 0 atom stereocenters. The number of ether oxygens (including phenoxy) is 2. The number of hydrogen-bond donors (Lipinski definition) is 0. The van der Waals surface area contributed by atoms with Gasteiger partial charge in [-0.3, -0.25) is 0 Å². The molecule has 0 aliphatic rings. The summed E-state index contributed by atoms with van der Waals surface area (Å²) in [5.74, 6) is -4.79. The molecule has 0 amide bonds. The molecule has 0 saturated carbocycles. The summed E-state index contributed by atoms with van der Waals surface area (Å²) in [6.45, 7) is 1.35. The second-order valence-corrected chi connectivity index (χ2v) is 6.00. The van der Waals surface area contributed by atoms with Crippen molar-refractivity contribution in [2.75, 3.05) is 6.61 Å². The molecule has 2 aromatic rings. The van der Waals surface area contributed by atoms with Gasteiger partial charge in [-0.2, -0.15) is 8.78 Å². The first-order valence-corrected chi connectivity index (χ1v) is 8.36. The Balaban J connectivity index is 2.00. The van der Waals surface area contributed by atoms with E-state index in [2.05, 4.69) is 9.47 Å². The molecule has 0 aromatic heterocycles. The number of alkyl halides is 5. The van der Waals surface area contributed by atoms with E-state index in [4.69, 9.17) is 0 Å². The number of halogens is 7. The van der Waals surface area contributed by atoms with Crippen LogP contribution in [0.15, 0.2) is 36.4 Å². The summed E-state index contributed by atoms with van der Waals surface area (Å²) in [6, 6.07) is 6.72. The third kappa shape index (κ3) is 6.12. The lowest BCUT2D eigenvalue weighted by molar-refractivity contribution is -0.276. The van der Waals surface area contributed by atoms with Crippen molar-refractivity contribution in [2.45, 2.75) is 38.7 Å². The summed E-state index contributed by atoms with van der Waals surface area (Å²) in [5, 5.41) is 0. The molecule has 0 radical (unpaired) electrons. The molecule has 0 heterocycles. The summed E-state index contributed by atoms with van der Waals surface area (Å²) < 4.78 is 99.5. The second kappa shape index (κ2) is 8.81. The van der Waals surface area contributed by atoms with Crippen molar-refractivity contribution in [1.29, 1.82) is 0 Å². The molecule has 0 unspecified atom stereocenters. The van der Waals surface area contributed by atoms with E-state index in [0.29, 0.717) is 12.1 Å². The van der Waals surface area contributed by atoms with Gasteiger partial charge in [0.05, 0.1) is 12.2 Å². The molecule has 9 heteroatoms. The molecule has 0 N–H and O–H groups in total. The maximum Gasteiger partial charge on any atom is 0.573 e. The molecule has 154 valence electrons. The van der Waals surface area contributed by atoms with Gasteiger partial charge in [-0.05, 0) is 36.1 Å². The van der Waals surface area contributed by atoms with Gasteiger partial charge in [0.1, 0.15) is 0 Å². The van der Waals surface area contributed by atoms with Gasteiger partial charge in [-0.15, -0.1) is 13.2 Å². The predicted octanol–water partition coefficient (Wildman–Crippen LogP) is 6.12. The summed E-state index contributed by atoms with van der Waals surface area (Å²) in [7, 11) is 0. The Bertz CT molecular complexity index is 763. The molecular weight excluding hydrogens is 393 g/mol. The van der Waals surface area contributed by atoms with Crippen molar-refractivity contribution in [2.24, 2.45) is 0 Å². The highest BCUT2D eigenvalue weighted by molar-refractivity contribution is 5.31. The van der Waals surface area contributed by atoms with E-state index in [9.17, 15) is 30.7 Å². The predicted molar refractivity (Wildman–Crippen MR) is 87.0 cm³/mol. The van der Waals surface area contributed by atoms with Crippen LogP contribution in [0.3, 0.4) is 0 Å². The Morgan fingerprint density at radius 1 is 0.821 bits per heavy atom. The fraction of sp³-hybridized carbons (Fsp3) is 0.368. The third-order valence-electron chi connectivity index (χ3n) is 3.78. The first kappa shape index (κ1) is 22.0. The molecule has 2 rings (SSSR count). The van der Waals surface area contributed by atoms with Crippen molar-refractivity contribution in [3.05, 3.63) is 64.7 Å². The molecule has 0 spiro atoms. The first-order chi connectivity index (χ1) is 13.0. The molecule has 0 aliphatic heterocycles. The maximum absolute atomic E-state index is 14.1. The molecule has 0 saturated heterocycles. The van der Waals surface area contributed by atoms with Crippen LogP contribution in [-0.4, -0.2) is 13.0 Å². The van der Waals surface area contributed by atoms with E-state index in [0.717, 1.165) is 18.4 Å². The van der Waals surface area contributed by atoms with Gasteiger partial charge in [-0.25, -0.2) is 8.78 Å². The normalized spacial score (nSPS) is 12.3. The van der Waals surface area contributed by atoms with E-state index in [1.165, 1.54) is 12.1 Å². The molecular formula is C19H17F7O2. The SMILES string of the molecule is CCCc1ccc(C(F)(F)OCCc2cc(F)c(OC(F)(F)F)c(F)c2)cc1. The highest BCUT2D eigenvalue weighted by atomic mass is 19.4. The zero-order valence-electron chi connectivity index (χ0n) is 14.8. The van der Waals surface area contributed by atoms with Crippen LogP contribution in [0, 0.1) is 11.6 Å². The van der Waals surface area contributed by atoms with Crippen LogP contribution >= 0.6 is 0 Å². The largest absolute Gasteiger partial charge is 0.573 e. The lowest BCUT2D eigenvalue weighted by atomic mass is 10.1. The van der Waals surface area contributed by atoms with Crippen molar-refractivity contribution in [3.8, 4) is 5.75 Å². The average molecular weight is 410 g/mol. The summed E-state index contributed by atoms with van der Waals surface area (Å²) >= 11 is 0. The molecule has 28 heavy (non-hydrogen) atoms. The average Bonchev–Trinajstić information content (AvgIpc) is 2.58. The van der Waals surface area contributed by atoms with Crippen molar-refractivity contribution >= 4 is 0 Å². The Kier molecular flexibility index (Phi) is 6.92. The Morgan fingerprint density at radius 2 is 1.39 bits per heavy atom. The van der Waals surface area contributed by atoms with E-state index in [1.54, 1.807) is 12.1 Å². The monoisotopic (exact) mass is 410 g/mol. The number of hydrogen-bond acceptors (Lipinski definition) is 2. The van der Waals surface area contributed by atoms with E-state index >= 15 is 0 Å². The summed E-state index contributed by atoms with van der Waals surface area (Å²) in [4.78, 5) is 0. The minimum atomic E-state index is -5.26. The van der Waals surface area contributed by atoms with Gasteiger partial charge in [0, 0.05) is 0 Å². The Hall–Kier alpha value is -2.29. The van der Waals surface area contributed by atoms with Crippen LogP contribution in [-0.2, 0) is 23.7 Å². The van der Waals surface area contributed by atoms with Gasteiger partial charge >= 0.3 is 12.5 Å². The summed E-state index contributed by atoms with van der Waals surface area (Å²) in [5.41, 5.74) is 0.367.